The Labute approximate surface area is 179 Å². The second kappa shape index (κ2) is 8.43. The zero-order chi connectivity index (χ0) is 22.0. The Morgan fingerprint density at radius 1 is 1.10 bits per heavy atom. The summed E-state index contributed by atoms with van der Waals surface area (Å²) in [6.07, 6.45) is 0.735. The van der Waals surface area contributed by atoms with Gasteiger partial charge in [0.1, 0.15) is 11.5 Å². The molecule has 8 nitrogen and oxygen atoms in total. The molecule has 0 spiro atoms. The molecule has 0 saturated carbocycles. The Morgan fingerprint density at radius 3 is 2.65 bits per heavy atom. The molecule has 4 aromatic rings. The zero-order valence-electron chi connectivity index (χ0n) is 17.8. The minimum Gasteiger partial charge on any atom is -0.497 e. The molecule has 0 unspecified atom stereocenters. The number of hydrogen-bond donors (Lipinski definition) is 2. The predicted octanol–water partition coefficient (Wildman–Crippen LogP) is 4.16. The number of carbonyl (C=O) groups excluding carboxylic acids is 1. The molecule has 0 aliphatic heterocycles. The maximum atomic E-state index is 13.2. The number of amides is 1. The third-order valence-electron chi connectivity index (χ3n) is 5.17. The van der Waals surface area contributed by atoms with Crippen LogP contribution in [0.15, 0.2) is 42.5 Å². The molecule has 0 fully saturated rings. The number of anilines is 1. The number of methoxy groups -OCH3 is 2. The number of aromatic nitrogens is 4. The SMILES string of the molecule is CCc1nc2ccccc2c(C(=O)Nc2n[nH]c(-c3ccc(OC)cc3OC)n2)c1C. The van der Waals surface area contributed by atoms with Crippen molar-refractivity contribution in [2.75, 3.05) is 19.5 Å². The Hall–Kier alpha value is -3.94. The van der Waals surface area contributed by atoms with E-state index >= 15 is 0 Å². The summed E-state index contributed by atoms with van der Waals surface area (Å²) in [5.41, 5.74) is 3.81. The highest BCUT2D eigenvalue weighted by Gasteiger charge is 2.19. The summed E-state index contributed by atoms with van der Waals surface area (Å²) < 4.78 is 10.7. The molecule has 1 amide bonds. The van der Waals surface area contributed by atoms with E-state index in [0.29, 0.717) is 28.5 Å². The monoisotopic (exact) mass is 417 g/mol. The van der Waals surface area contributed by atoms with Crippen LogP contribution in [0.5, 0.6) is 11.5 Å². The van der Waals surface area contributed by atoms with Crippen molar-refractivity contribution in [2.45, 2.75) is 20.3 Å². The molecule has 0 saturated heterocycles. The number of nitrogens with one attached hydrogen (secondary N) is 2. The van der Waals surface area contributed by atoms with Crippen molar-refractivity contribution in [3.05, 3.63) is 59.3 Å². The smallest absolute Gasteiger partial charge is 0.259 e. The van der Waals surface area contributed by atoms with Crippen molar-refractivity contribution in [1.82, 2.24) is 20.2 Å². The fourth-order valence-electron chi connectivity index (χ4n) is 3.59. The number of H-pyrrole nitrogens is 1. The van der Waals surface area contributed by atoms with Gasteiger partial charge in [-0.1, -0.05) is 25.1 Å². The standard InChI is InChI=1S/C23H23N5O3/c1-5-17-13(2)20(15-8-6-7-9-18(15)24-17)22(29)26-23-25-21(27-28-23)16-11-10-14(30-3)12-19(16)31-4/h6-12H,5H2,1-4H3,(H2,25,26,27,28,29). The van der Waals surface area contributed by atoms with Gasteiger partial charge < -0.3 is 9.47 Å². The summed E-state index contributed by atoms with van der Waals surface area (Å²) >= 11 is 0. The topological polar surface area (TPSA) is 102 Å². The van der Waals surface area contributed by atoms with E-state index in [1.54, 1.807) is 26.4 Å². The van der Waals surface area contributed by atoms with Crippen molar-refractivity contribution in [1.29, 1.82) is 0 Å². The van der Waals surface area contributed by atoms with Gasteiger partial charge in [0.05, 0.1) is 30.9 Å². The van der Waals surface area contributed by atoms with Crippen LogP contribution >= 0.6 is 0 Å². The maximum absolute atomic E-state index is 13.2. The average Bonchev–Trinajstić information content (AvgIpc) is 3.26. The minimum atomic E-state index is -0.280. The fraction of sp³-hybridized carbons (Fsp3) is 0.217. The van der Waals surface area contributed by atoms with Crippen LogP contribution in [0.25, 0.3) is 22.3 Å². The van der Waals surface area contributed by atoms with Gasteiger partial charge in [-0.2, -0.15) is 4.98 Å². The molecule has 2 aromatic heterocycles. The van der Waals surface area contributed by atoms with Crippen LogP contribution in [0.2, 0.25) is 0 Å². The summed E-state index contributed by atoms with van der Waals surface area (Å²) in [6, 6.07) is 13.0. The molecule has 4 rings (SSSR count). The van der Waals surface area contributed by atoms with Crippen LogP contribution in [0, 0.1) is 6.92 Å². The number of aryl methyl sites for hydroxylation is 1. The van der Waals surface area contributed by atoms with Crippen molar-refractivity contribution in [3.63, 3.8) is 0 Å². The van der Waals surface area contributed by atoms with E-state index in [0.717, 1.165) is 28.6 Å². The molecule has 2 heterocycles. The Bertz CT molecular complexity index is 1270. The first-order valence-corrected chi connectivity index (χ1v) is 9.90. The number of nitrogens with zero attached hydrogens (tertiary/aromatic N) is 3. The van der Waals surface area contributed by atoms with E-state index in [2.05, 4.69) is 25.5 Å². The van der Waals surface area contributed by atoms with Gasteiger partial charge in [0.2, 0.25) is 5.95 Å². The molecule has 8 heteroatoms. The van der Waals surface area contributed by atoms with Crippen molar-refractivity contribution >= 4 is 22.8 Å². The molecule has 0 atom stereocenters. The van der Waals surface area contributed by atoms with Crippen molar-refractivity contribution in [2.24, 2.45) is 0 Å². The zero-order valence-corrected chi connectivity index (χ0v) is 17.8. The number of carbonyl (C=O) groups is 1. The lowest BCUT2D eigenvalue weighted by molar-refractivity contribution is 0.102. The quantitative estimate of drug-likeness (QED) is 0.488. The molecule has 2 aromatic carbocycles. The van der Waals surface area contributed by atoms with Crippen LogP contribution in [0.4, 0.5) is 5.95 Å². The van der Waals surface area contributed by atoms with Crippen LogP contribution in [-0.4, -0.2) is 40.3 Å². The normalized spacial score (nSPS) is 10.8. The van der Waals surface area contributed by atoms with Gasteiger partial charge in [0.15, 0.2) is 5.82 Å². The van der Waals surface area contributed by atoms with Gasteiger partial charge >= 0.3 is 0 Å². The van der Waals surface area contributed by atoms with Gasteiger partial charge in [-0.05, 0) is 37.1 Å². The summed E-state index contributed by atoms with van der Waals surface area (Å²) in [5.74, 6) is 1.62. The van der Waals surface area contributed by atoms with Crippen LogP contribution < -0.4 is 14.8 Å². The van der Waals surface area contributed by atoms with E-state index in [1.165, 1.54) is 0 Å². The highest BCUT2D eigenvalue weighted by atomic mass is 16.5. The number of ether oxygens (including phenoxy) is 2. The van der Waals surface area contributed by atoms with Crippen LogP contribution in [-0.2, 0) is 6.42 Å². The summed E-state index contributed by atoms with van der Waals surface area (Å²) in [6.45, 7) is 3.94. The summed E-state index contributed by atoms with van der Waals surface area (Å²) in [4.78, 5) is 22.3. The lowest BCUT2D eigenvalue weighted by atomic mass is 9.99. The van der Waals surface area contributed by atoms with Gasteiger partial charge in [-0.3, -0.25) is 20.2 Å². The maximum Gasteiger partial charge on any atom is 0.259 e. The molecular weight excluding hydrogens is 394 g/mol. The first-order valence-electron chi connectivity index (χ1n) is 9.90. The molecular formula is C23H23N5O3. The van der Waals surface area contributed by atoms with Gasteiger partial charge in [-0.25, -0.2) is 0 Å². The Balaban J connectivity index is 1.67. The Morgan fingerprint density at radius 2 is 1.90 bits per heavy atom. The molecule has 0 aliphatic carbocycles. The third kappa shape index (κ3) is 3.79. The van der Waals surface area contributed by atoms with Crippen molar-refractivity contribution in [3.8, 4) is 22.9 Å². The van der Waals surface area contributed by atoms with Crippen molar-refractivity contribution < 1.29 is 14.3 Å². The summed E-state index contributed by atoms with van der Waals surface area (Å²) in [5, 5.41) is 10.6. The molecule has 158 valence electrons. The van der Waals surface area contributed by atoms with Crippen LogP contribution in [0.3, 0.4) is 0 Å². The number of para-hydroxylation sites is 1. The number of fused-ring (bicyclic) bond motifs is 1. The number of benzene rings is 2. The highest BCUT2D eigenvalue weighted by molar-refractivity contribution is 6.13. The molecule has 2 N–H and O–H groups in total. The third-order valence-corrected chi connectivity index (χ3v) is 5.17. The predicted molar refractivity (Wildman–Crippen MR) is 119 cm³/mol. The summed E-state index contributed by atoms with van der Waals surface area (Å²) in [7, 11) is 3.16. The van der Waals surface area contributed by atoms with E-state index in [4.69, 9.17) is 9.47 Å². The van der Waals surface area contributed by atoms with Gasteiger partial charge in [0.25, 0.3) is 5.91 Å². The van der Waals surface area contributed by atoms with Crippen LogP contribution in [0.1, 0.15) is 28.5 Å². The number of rotatable bonds is 6. The number of hydrogen-bond acceptors (Lipinski definition) is 6. The second-order valence-electron chi connectivity index (χ2n) is 6.96. The lowest BCUT2D eigenvalue weighted by Gasteiger charge is -2.12. The minimum absolute atomic E-state index is 0.177. The first-order chi connectivity index (χ1) is 15.0. The number of aromatic amines is 1. The molecule has 31 heavy (non-hydrogen) atoms. The lowest BCUT2D eigenvalue weighted by Crippen LogP contribution is -2.16. The first kappa shape index (κ1) is 20.3. The molecule has 0 bridgehead atoms. The van der Waals surface area contributed by atoms with Gasteiger partial charge in [0, 0.05) is 17.1 Å². The molecule has 0 radical (unpaired) electrons. The largest absolute Gasteiger partial charge is 0.497 e. The molecule has 0 aliphatic rings. The average molecular weight is 417 g/mol. The van der Waals surface area contributed by atoms with Gasteiger partial charge in [-0.15, -0.1) is 5.10 Å². The highest BCUT2D eigenvalue weighted by Crippen LogP contribution is 2.32. The second-order valence-corrected chi connectivity index (χ2v) is 6.96. The van der Waals surface area contributed by atoms with E-state index < -0.39 is 0 Å². The fourth-order valence-corrected chi connectivity index (χ4v) is 3.59. The number of pyridine rings is 1. The van der Waals surface area contributed by atoms with E-state index in [9.17, 15) is 4.79 Å². The Kier molecular flexibility index (Phi) is 5.53. The van der Waals surface area contributed by atoms with E-state index in [1.807, 2.05) is 44.2 Å². The van der Waals surface area contributed by atoms with E-state index in [-0.39, 0.29) is 11.9 Å².